The van der Waals surface area contributed by atoms with E-state index in [1.165, 1.54) is 0 Å². The van der Waals surface area contributed by atoms with Gasteiger partial charge in [0.15, 0.2) is 0 Å². The quantitative estimate of drug-likeness (QED) is 0.0985. The van der Waals surface area contributed by atoms with Gasteiger partial charge in [-0.05, 0) is 110 Å². The summed E-state index contributed by atoms with van der Waals surface area (Å²) in [6, 6.07) is 19.1. The average molecular weight is 659 g/mol. The van der Waals surface area contributed by atoms with Crippen molar-refractivity contribution < 1.29 is 42.8 Å². The van der Waals surface area contributed by atoms with E-state index in [0.29, 0.717) is 65.8 Å². The Hall–Kier alpha value is -4.21. The second-order valence-corrected chi connectivity index (χ2v) is 13.4. The standard InChI is InChI=1S/C39H46O9/c1-5-39(24-44-25-39)23-43-20-21-45-31-13-11-30(12-14-31)37(41)47-33-17-15-32(16-18-33)46-36(40)28-7-9-29(10-8-28)38(42)48-35-22-27(4)6-19-34(35)26(2)3/h7-18,26-27,34-35H,5-6,19-25H2,1-4H3. The van der Waals surface area contributed by atoms with Crippen molar-refractivity contribution in [2.24, 2.45) is 23.2 Å². The molecule has 0 N–H and O–H groups in total. The maximum Gasteiger partial charge on any atom is 0.343 e. The molecule has 1 heterocycles. The van der Waals surface area contributed by atoms with E-state index in [4.69, 9.17) is 28.4 Å². The predicted octanol–water partition coefficient (Wildman–Crippen LogP) is 7.56. The fourth-order valence-corrected chi connectivity index (χ4v) is 6.08. The molecule has 1 saturated carbocycles. The zero-order chi connectivity index (χ0) is 34.1. The molecule has 9 heteroatoms. The Labute approximate surface area is 282 Å². The van der Waals surface area contributed by atoms with E-state index in [2.05, 4.69) is 27.7 Å². The Morgan fingerprint density at radius 2 is 1.27 bits per heavy atom. The number of carbonyl (C=O) groups excluding carboxylic acids is 3. The van der Waals surface area contributed by atoms with Crippen LogP contribution in [0.1, 0.15) is 84.5 Å². The first-order chi connectivity index (χ1) is 23.1. The van der Waals surface area contributed by atoms with Crippen LogP contribution < -0.4 is 14.2 Å². The molecule has 1 saturated heterocycles. The Kier molecular flexibility index (Phi) is 11.9. The van der Waals surface area contributed by atoms with Gasteiger partial charge in [-0.1, -0.05) is 34.1 Å². The van der Waals surface area contributed by atoms with Crippen LogP contribution in [0.25, 0.3) is 0 Å². The molecule has 3 unspecified atom stereocenters. The first-order valence-electron chi connectivity index (χ1n) is 16.9. The predicted molar refractivity (Wildman–Crippen MR) is 180 cm³/mol. The van der Waals surface area contributed by atoms with E-state index in [-0.39, 0.29) is 23.2 Å². The van der Waals surface area contributed by atoms with Crippen LogP contribution in [0.2, 0.25) is 0 Å². The van der Waals surface area contributed by atoms with E-state index in [1.54, 1.807) is 72.8 Å². The van der Waals surface area contributed by atoms with E-state index in [0.717, 1.165) is 38.9 Å². The summed E-state index contributed by atoms with van der Waals surface area (Å²) >= 11 is 0. The van der Waals surface area contributed by atoms with Crippen molar-refractivity contribution in [1.29, 1.82) is 0 Å². The molecular weight excluding hydrogens is 612 g/mol. The lowest BCUT2D eigenvalue weighted by Crippen LogP contribution is -2.45. The fraction of sp³-hybridized carbons (Fsp3) is 0.462. The second kappa shape index (κ2) is 16.3. The molecule has 3 atom stereocenters. The van der Waals surface area contributed by atoms with Gasteiger partial charge in [-0.25, -0.2) is 14.4 Å². The molecule has 5 rings (SSSR count). The second-order valence-electron chi connectivity index (χ2n) is 13.4. The van der Waals surface area contributed by atoms with Gasteiger partial charge in [0.05, 0.1) is 43.1 Å². The van der Waals surface area contributed by atoms with E-state index in [1.807, 2.05) is 0 Å². The van der Waals surface area contributed by atoms with Crippen molar-refractivity contribution in [2.45, 2.75) is 59.5 Å². The van der Waals surface area contributed by atoms with Crippen LogP contribution in [0, 0.1) is 23.2 Å². The Bertz CT molecular complexity index is 1500. The lowest BCUT2D eigenvalue weighted by Gasteiger charge is -2.40. The summed E-state index contributed by atoms with van der Waals surface area (Å²) in [6.45, 7) is 11.7. The van der Waals surface area contributed by atoms with Crippen LogP contribution in [0.5, 0.6) is 17.2 Å². The first-order valence-corrected chi connectivity index (χ1v) is 16.9. The highest BCUT2D eigenvalue weighted by atomic mass is 16.6. The normalized spacial score (nSPS) is 20.0. The highest BCUT2D eigenvalue weighted by molar-refractivity contribution is 5.94. The number of esters is 3. The van der Waals surface area contributed by atoms with Crippen molar-refractivity contribution in [3.63, 3.8) is 0 Å². The molecule has 1 aliphatic heterocycles. The van der Waals surface area contributed by atoms with Gasteiger partial charge in [0, 0.05) is 5.41 Å². The zero-order valence-electron chi connectivity index (χ0n) is 28.3. The van der Waals surface area contributed by atoms with Gasteiger partial charge >= 0.3 is 17.9 Å². The van der Waals surface area contributed by atoms with Gasteiger partial charge in [-0.15, -0.1) is 0 Å². The van der Waals surface area contributed by atoms with Crippen LogP contribution in [-0.2, 0) is 14.2 Å². The van der Waals surface area contributed by atoms with Gasteiger partial charge in [0.25, 0.3) is 0 Å². The number of hydrogen-bond donors (Lipinski definition) is 0. The molecule has 256 valence electrons. The molecular formula is C39H46O9. The molecule has 2 aliphatic rings. The molecule has 3 aromatic rings. The molecule has 2 fully saturated rings. The van der Waals surface area contributed by atoms with E-state index < -0.39 is 11.9 Å². The third-order valence-corrected chi connectivity index (χ3v) is 9.38. The maximum absolute atomic E-state index is 12.9. The highest BCUT2D eigenvalue weighted by Crippen LogP contribution is 2.36. The number of ether oxygens (including phenoxy) is 6. The summed E-state index contributed by atoms with van der Waals surface area (Å²) in [5, 5.41) is 0. The molecule has 48 heavy (non-hydrogen) atoms. The molecule has 0 amide bonds. The van der Waals surface area contributed by atoms with Crippen LogP contribution in [-0.4, -0.2) is 57.0 Å². The Morgan fingerprint density at radius 1 is 0.750 bits per heavy atom. The zero-order valence-corrected chi connectivity index (χ0v) is 28.3. The monoisotopic (exact) mass is 658 g/mol. The Morgan fingerprint density at radius 3 is 1.77 bits per heavy atom. The van der Waals surface area contributed by atoms with Gasteiger partial charge in [-0.2, -0.15) is 0 Å². The largest absolute Gasteiger partial charge is 0.491 e. The van der Waals surface area contributed by atoms with Gasteiger partial charge in [-0.3, -0.25) is 0 Å². The number of rotatable bonds is 14. The summed E-state index contributed by atoms with van der Waals surface area (Å²) in [7, 11) is 0. The van der Waals surface area contributed by atoms with Crippen molar-refractivity contribution in [3.8, 4) is 17.2 Å². The molecule has 0 spiro atoms. The van der Waals surface area contributed by atoms with E-state index >= 15 is 0 Å². The summed E-state index contributed by atoms with van der Waals surface area (Å²) in [5.74, 6) is 1.04. The third kappa shape index (κ3) is 9.23. The number of hydrogen-bond acceptors (Lipinski definition) is 9. The third-order valence-electron chi connectivity index (χ3n) is 9.38. The SMILES string of the molecule is CCC1(COCCOc2ccc(C(=O)Oc3ccc(OC(=O)c4ccc(C(=O)OC5CC(C)CCC5C(C)C)cc4)cc3)cc2)COC1. The van der Waals surface area contributed by atoms with Crippen LogP contribution in [0.3, 0.4) is 0 Å². The minimum atomic E-state index is -0.577. The van der Waals surface area contributed by atoms with Gasteiger partial charge in [0.1, 0.15) is 30.0 Å². The average Bonchev–Trinajstić information content (AvgIpc) is 3.06. The van der Waals surface area contributed by atoms with Crippen molar-refractivity contribution in [2.75, 3.05) is 33.0 Å². The minimum Gasteiger partial charge on any atom is -0.491 e. The van der Waals surface area contributed by atoms with E-state index in [9.17, 15) is 14.4 Å². The summed E-state index contributed by atoms with van der Waals surface area (Å²) in [6.07, 6.45) is 4.01. The topological polar surface area (TPSA) is 107 Å². The van der Waals surface area contributed by atoms with Crippen LogP contribution >= 0.6 is 0 Å². The number of carbonyl (C=O) groups is 3. The lowest BCUT2D eigenvalue weighted by molar-refractivity contribution is -0.151. The Balaban J connectivity index is 1.05. The lowest BCUT2D eigenvalue weighted by atomic mass is 9.75. The molecule has 1 aliphatic carbocycles. The van der Waals surface area contributed by atoms with Crippen molar-refractivity contribution in [3.05, 3.63) is 89.5 Å². The van der Waals surface area contributed by atoms with Crippen molar-refractivity contribution >= 4 is 17.9 Å². The maximum atomic E-state index is 12.9. The molecule has 3 aromatic carbocycles. The summed E-state index contributed by atoms with van der Waals surface area (Å²) in [4.78, 5) is 38.3. The number of benzene rings is 3. The smallest absolute Gasteiger partial charge is 0.343 e. The summed E-state index contributed by atoms with van der Waals surface area (Å²) < 4.78 is 33.7. The van der Waals surface area contributed by atoms with Crippen LogP contribution in [0.15, 0.2) is 72.8 Å². The molecule has 9 nitrogen and oxygen atoms in total. The first kappa shape index (κ1) is 35.1. The van der Waals surface area contributed by atoms with Gasteiger partial charge in [0.2, 0.25) is 0 Å². The molecule has 0 aromatic heterocycles. The highest BCUT2D eigenvalue weighted by Gasteiger charge is 2.37. The summed E-state index contributed by atoms with van der Waals surface area (Å²) in [5.41, 5.74) is 1.20. The van der Waals surface area contributed by atoms with Crippen LogP contribution in [0.4, 0.5) is 0 Å². The minimum absolute atomic E-state index is 0.101. The van der Waals surface area contributed by atoms with Gasteiger partial charge < -0.3 is 28.4 Å². The van der Waals surface area contributed by atoms with Crippen molar-refractivity contribution in [1.82, 2.24) is 0 Å². The molecule has 0 bridgehead atoms. The fourth-order valence-electron chi connectivity index (χ4n) is 6.08. The molecule has 0 radical (unpaired) electrons.